The molecule has 2 unspecified atom stereocenters. The highest BCUT2D eigenvalue weighted by Crippen LogP contribution is 2.43. The zero-order valence-corrected chi connectivity index (χ0v) is 33.7. The van der Waals surface area contributed by atoms with Gasteiger partial charge in [-0.2, -0.15) is 0 Å². The third-order valence-electron chi connectivity index (χ3n) is 7.80. The monoisotopic (exact) mass is 739 g/mol. The lowest BCUT2D eigenvalue weighted by atomic mass is 10.1. The van der Waals surface area contributed by atoms with Gasteiger partial charge in [-0.15, -0.1) is 0 Å². The summed E-state index contributed by atoms with van der Waals surface area (Å²) in [7, 11) is 1.42. The summed E-state index contributed by atoms with van der Waals surface area (Å²) in [6.45, 7) is 4.17. The quantitative estimate of drug-likeness (QED) is 0.0229. The van der Waals surface area contributed by atoms with Crippen molar-refractivity contribution in [2.24, 2.45) is 0 Å². The van der Waals surface area contributed by atoms with Crippen molar-refractivity contribution in [3.63, 3.8) is 0 Å². The number of unbranched alkanes of at least 4 members (excludes halogenated alkanes) is 10. The van der Waals surface area contributed by atoms with E-state index in [1.807, 2.05) is 33.3 Å². The second kappa shape index (κ2) is 33.5. The van der Waals surface area contributed by atoms with Gasteiger partial charge in [-0.1, -0.05) is 120 Å². The molecule has 0 heterocycles. The van der Waals surface area contributed by atoms with Gasteiger partial charge in [0, 0.05) is 12.8 Å². The summed E-state index contributed by atoms with van der Waals surface area (Å²) in [5, 5.41) is 0. The summed E-state index contributed by atoms with van der Waals surface area (Å²) in [4.78, 5) is 35.1. The molecular weight excluding hydrogens is 665 g/mol. The molecule has 0 bridgehead atoms. The number of nitrogens with zero attached hydrogens (tertiary/aromatic N) is 1. The van der Waals surface area contributed by atoms with Crippen molar-refractivity contribution >= 4 is 19.8 Å². The topological polar surface area (TPSA) is 108 Å². The standard InChI is InChI=1S/C41H72NO8P/c1-6-8-10-12-14-16-18-20-22-23-25-27-29-31-33-40(43)47-37-39(38-49-51(45,46)48-36-35-42(3,4)5)50-41(44)34-32-30-28-26-24-21-19-17-15-13-11-9-7-2/h8,10,14,16,20-22,24,28,30,39H,6-7,9,11-13,15,17-19,23,25-27,29,31-38H2,1-5H3/p+1/b10-8+,16-14+,22-20+,24-21+,30-28+. The first kappa shape index (κ1) is 48.7. The molecule has 0 aliphatic heterocycles. The van der Waals surface area contributed by atoms with Crippen LogP contribution in [-0.2, 0) is 32.7 Å². The average molecular weight is 739 g/mol. The van der Waals surface area contributed by atoms with Crippen molar-refractivity contribution in [2.75, 3.05) is 47.5 Å². The van der Waals surface area contributed by atoms with Gasteiger partial charge >= 0.3 is 19.8 Å². The highest BCUT2D eigenvalue weighted by atomic mass is 31.2. The Morgan fingerprint density at radius 1 is 0.627 bits per heavy atom. The van der Waals surface area contributed by atoms with Crippen LogP contribution in [0.15, 0.2) is 60.8 Å². The predicted molar refractivity (Wildman–Crippen MR) is 210 cm³/mol. The molecule has 0 saturated carbocycles. The van der Waals surface area contributed by atoms with Gasteiger partial charge in [0.15, 0.2) is 6.10 Å². The fraction of sp³-hybridized carbons (Fsp3) is 0.707. The minimum Gasteiger partial charge on any atom is -0.462 e. The molecule has 294 valence electrons. The summed E-state index contributed by atoms with van der Waals surface area (Å²) in [6.07, 6.45) is 38.6. The molecular formula is C41H73NO8P+. The Hall–Kier alpha value is -2.29. The summed E-state index contributed by atoms with van der Waals surface area (Å²) >= 11 is 0. The van der Waals surface area contributed by atoms with Crippen molar-refractivity contribution in [3.05, 3.63) is 60.8 Å². The lowest BCUT2D eigenvalue weighted by molar-refractivity contribution is -0.870. The Labute approximate surface area is 311 Å². The number of allylic oxidation sites excluding steroid dienone is 10. The predicted octanol–water partition coefficient (Wildman–Crippen LogP) is 10.5. The molecule has 0 aliphatic carbocycles. The number of carbonyl (C=O) groups excluding carboxylic acids is 2. The van der Waals surface area contributed by atoms with Crippen LogP contribution in [0, 0.1) is 0 Å². The third-order valence-corrected chi connectivity index (χ3v) is 8.78. The lowest BCUT2D eigenvalue weighted by Gasteiger charge is -2.24. The van der Waals surface area contributed by atoms with Crippen molar-refractivity contribution in [3.8, 4) is 0 Å². The average Bonchev–Trinajstić information content (AvgIpc) is 3.07. The van der Waals surface area contributed by atoms with E-state index in [1.165, 1.54) is 38.5 Å². The highest BCUT2D eigenvalue weighted by Gasteiger charge is 2.27. The Balaban J connectivity index is 4.56. The van der Waals surface area contributed by atoms with E-state index in [4.69, 9.17) is 18.5 Å². The number of likely N-dealkylation sites (N-methyl/N-ethyl adjacent to an activating group) is 1. The molecule has 1 N–H and O–H groups in total. The van der Waals surface area contributed by atoms with E-state index in [0.29, 0.717) is 23.9 Å². The molecule has 9 nitrogen and oxygen atoms in total. The van der Waals surface area contributed by atoms with Crippen molar-refractivity contribution in [1.82, 2.24) is 0 Å². The van der Waals surface area contributed by atoms with Gasteiger partial charge in [0.1, 0.15) is 19.8 Å². The number of esters is 2. The van der Waals surface area contributed by atoms with E-state index in [-0.39, 0.29) is 26.1 Å². The number of hydrogen-bond donors (Lipinski definition) is 1. The van der Waals surface area contributed by atoms with E-state index in [1.54, 1.807) is 0 Å². The Bertz CT molecular complexity index is 1060. The smallest absolute Gasteiger partial charge is 0.462 e. The van der Waals surface area contributed by atoms with E-state index in [9.17, 15) is 19.0 Å². The summed E-state index contributed by atoms with van der Waals surface area (Å²) < 4.78 is 34.1. The molecule has 0 spiro atoms. The fourth-order valence-corrected chi connectivity index (χ4v) is 5.47. The van der Waals surface area contributed by atoms with Gasteiger partial charge in [-0.05, 0) is 64.2 Å². The second-order valence-corrected chi connectivity index (χ2v) is 15.4. The van der Waals surface area contributed by atoms with Crippen LogP contribution in [0.3, 0.4) is 0 Å². The molecule has 0 saturated heterocycles. The Kier molecular flexibility index (Phi) is 32.0. The number of hydrogen-bond acceptors (Lipinski definition) is 7. The number of carbonyl (C=O) groups is 2. The fourth-order valence-electron chi connectivity index (χ4n) is 4.73. The van der Waals surface area contributed by atoms with Gasteiger partial charge in [-0.3, -0.25) is 18.6 Å². The number of ether oxygens (including phenoxy) is 2. The van der Waals surface area contributed by atoms with Crippen molar-refractivity contribution in [1.29, 1.82) is 0 Å². The molecule has 0 rings (SSSR count). The number of rotatable bonds is 34. The SMILES string of the molecule is CC/C=C/C/C=C/C/C=C/CCCCCCC(=O)OCC(COP(=O)(O)OCC[N+](C)(C)C)OC(=O)CC/C=C/C/C=C/CCCCCCCC. The van der Waals surface area contributed by atoms with Crippen LogP contribution < -0.4 is 0 Å². The normalized spacial score (nSPS) is 14.4. The molecule has 51 heavy (non-hydrogen) atoms. The van der Waals surface area contributed by atoms with E-state index in [0.717, 1.165) is 57.8 Å². The molecule has 0 radical (unpaired) electrons. The molecule has 10 heteroatoms. The molecule has 0 aromatic carbocycles. The Morgan fingerprint density at radius 3 is 1.75 bits per heavy atom. The molecule has 0 aliphatic rings. The minimum atomic E-state index is -4.39. The van der Waals surface area contributed by atoms with E-state index in [2.05, 4.69) is 62.5 Å². The van der Waals surface area contributed by atoms with Gasteiger partial charge in [0.2, 0.25) is 0 Å². The van der Waals surface area contributed by atoms with Crippen LogP contribution in [0.2, 0.25) is 0 Å². The number of phosphoric acid groups is 1. The van der Waals surface area contributed by atoms with Crippen LogP contribution in [0.25, 0.3) is 0 Å². The van der Waals surface area contributed by atoms with E-state index >= 15 is 0 Å². The van der Waals surface area contributed by atoms with Gasteiger partial charge in [0.05, 0.1) is 27.7 Å². The number of phosphoric ester groups is 1. The minimum absolute atomic E-state index is 0.0160. The second-order valence-electron chi connectivity index (χ2n) is 13.9. The number of quaternary nitrogens is 1. The van der Waals surface area contributed by atoms with Gasteiger partial charge < -0.3 is 18.9 Å². The maximum atomic E-state index is 12.6. The van der Waals surface area contributed by atoms with Gasteiger partial charge in [-0.25, -0.2) is 4.57 Å². The van der Waals surface area contributed by atoms with Crippen molar-refractivity contribution in [2.45, 2.75) is 142 Å². The first-order valence-corrected chi connectivity index (χ1v) is 21.0. The first-order chi connectivity index (χ1) is 24.5. The summed E-state index contributed by atoms with van der Waals surface area (Å²) in [6, 6.07) is 0. The zero-order chi connectivity index (χ0) is 37.9. The maximum Gasteiger partial charge on any atom is 0.472 e. The molecule has 0 aromatic rings. The maximum absolute atomic E-state index is 12.6. The Morgan fingerprint density at radius 2 is 1.16 bits per heavy atom. The van der Waals surface area contributed by atoms with Crippen LogP contribution >= 0.6 is 7.82 Å². The largest absolute Gasteiger partial charge is 0.472 e. The summed E-state index contributed by atoms with van der Waals surface area (Å²) in [5.41, 5.74) is 0. The lowest BCUT2D eigenvalue weighted by Crippen LogP contribution is -2.37. The van der Waals surface area contributed by atoms with E-state index < -0.39 is 32.5 Å². The third kappa shape index (κ3) is 37.3. The summed E-state index contributed by atoms with van der Waals surface area (Å²) in [5.74, 6) is -0.911. The van der Waals surface area contributed by atoms with Crippen molar-refractivity contribution < 1.29 is 42.1 Å². The highest BCUT2D eigenvalue weighted by molar-refractivity contribution is 7.47. The van der Waals surface area contributed by atoms with Gasteiger partial charge in [0.25, 0.3) is 0 Å². The van der Waals surface area contributed by atoms with Crippen LogP contribution in [-0.4, -0.2) is 74.9 Å². The van der Waals surface area contributed by atoms with Crippen LogP contribution in [0.5, 0.6) is 0 Å². The molecule has 0 fully saturated rings. The zero-order valence-electron chi connectivity index (χ0n) is 32.8. The van der Waals surface area contributed by atoms with Crippen LogP contribution in [0.1, 0.15) is 136 Å². The molecule has 0 aromatic heterocycles. The molecule has 0 amide bonds. The first-order valence-electron chi connectivity index (χ1n) is 19.5. The molecule has 2 atom stereocenters. The van der Waals surface area contributed by atoms with Crippen LogP contribution in [0.4, 0.5) is 0 Å².